The van der Waals surface area contributed by atoms with Gasteiger partial charge in [-0.3, -0.25) is 4.98 Å². The molecule has 0 aliphatic heterocycles. The summed E-state index contributed by atoms with van der Waals surface area (Å²) >= 11 is 0. The summed E-state index contributed by atoms with van der Waals surface area (Å²) in [5, 5.41) is 4.08. The molecule has 0 aromatic carbocycles. The molecule has 0 unspecified atom stereocenters. The summed E-state index contributed by atoms with van der Waals surface area (Å²) in [6.07, 6.45) is 6.96. The molecule has 3 aromatic rings. The second kappa shape index (κ2) is 4.37. The highest BCUT2D eigenvalue weighted by atomic mass is 15.1. The van der Waals surface area contributed by atoms with Crippen LogP contribution in [0, 0.1) is 6.92 Å². The molecule has 0 atom stereocenters. The van der Waals surface area contributed by atoms with E-state index in [-0.39, 0.29) is 0 Å². The molecule has 0 aliphatic rings. The van der Waals surface area contributed by atoms with Gasteiger partial charge in [-0.15, -0.1) is 0 Å². The predicted molar refractivity (Wildman–Crippen MR) is 69.6 cm³/mol. The second-order valence-electron chi connectivity index (χ2n) is 3.92. The van der Waals surface area contributed by atoms with Crippen molar-refractivity contribution in [3.63, 3.8) is 0 Å². The van der Waals surface area contributed by atoms with Crippen molar-refractivity contribution in [2.45, 2.75) is 6.92 Å². The Hall–Kier alpha value is -2.56. The molecule has 3 rings (SSSR count). The van der Waals surface area contributed by atoms with Crippen molar-refractivity contribution in [1.29, 1.82) is 0 Å². The number of nitrogens with zero attached hydrogens (tertiary/aromatic N) is 4. The van der Waals surface area contributed by atoms with Gasteiger partial charge in [-0.1, -0.05) is 0 Å². The number of nitrogens with one attached hydrogen (secondary N) is 1. The Morgan fingerprint density at radius 3 is 2.67 bits per heavy atom. The van der Waals surface area contributed by atoms with Gasteiger partial charge in [0.25, 0.3) is 0 Å². The van der Waals surface area contributed by atoms with Crippen LogP contribution >= 0.6 is 0 Å². The number of rotatable bonds is 2. The zero-order valence-electron chi connectivity index (χ0n) is 9.83. The summed E-state index contributed by atoms with van der Waals surface area (Å²) in [4.78, 5) is 16.9. The maximum Gasteiger partial charge on any atom is 0.229 e. The smallest absolute Gasteiger partial charge is 0.229 e. The molecule has 0 saturated carbocycles. The van der Waals surface area contributed by atoms with E-state index in [4.69, 9.17) is 0 Å². The highest BCUT2D eigenvalue weighted by Crippen LogP contribution is 2.16. The first-order chi connectivity index (χ1) is 8.83. The minimum absolute atomic E-state index is 0.534. The van der Waals surface area contributed by atoms with E-state index >= 15 is 0 Å². The minimum atomic E-state index is 0.534. The first kappa shape index (κ1) is 10.6. The average molecular weight is 237 g/mol. The molecule has 0 aliphatic carbocycles. The van der Waals surface area contributed by atoms with E-state index in [1.54, 1.807) is 24.8 Å². The Kier molecular flexibility index (Phi) is 2.57. The molecule has 0 radical (unpaired) electrons. The topological polar surface area (TPSA) is 63.6 Å². The zero-order chi connectivity index (χ0) is 12.4. The molecule has 3 heterocycles. The van der Waals surface area contributed by atoms with Gasteiger partial charge in [0, 0.05) is 35.9 Å². The van der Waals surface area contributed by atoms with Crippen LogP contribution in [0.15, 0.2) is 43.0 Å². The standard InChI is InChI=1S/C13H11N5/c1-9-2-7-15-12-11(9)8-16-13(18-12)17-10-3-5-14-6-4-10/h2-8H,1H3,(H,14,15,16,17,18). The molecule has 0 amide bonds. The van der Waals surface area contributed by atoms with Gasteiger partial charge in [0.05, 0.1) is 0 Å². The molecular weight excluding hydrogens is 226 g/mol. The minimum Gasteiger partial charge on any atom is -0.324 e. The van der Waals surface area contributed by atoms with Gasteiger partial charge in [-0.2, -0.15) is 4.98 Å². The summed E-state index contributed by atoms with van der Waals surface area (Å²) in [7, 11) is 0. The van der Waals surface area contributed by atoms with E-state index in [1.807, 2.05) is 25.1 Å². The first-order valence-electron chi connectivity index (χ1n) is 5.58. The predicted octanol–water partition coefficient (Wildman–Crippen LogP) is 2.47. The number of aromatic nitrogens is 4. The van der Waals surface area contributed by atoms with Crippen molar-refractivity contribution in [1.82, 2.24) is 19.9 Å². The fourth-order valence-corrected chi connectivity index (χ4v) is 1.68. The van der Waals surface area contributed by atoms with Crippen molar-refractivity contribution in [3.8, 4) is 0 Å². The summed E-state index contributed by atoms with van der Waals surface area (Å²) in [5.74, 6) is 0.534. The summed E-state index contributed by atoms with van der Waals surface area (Å²) < 4.78 is 0. The van der Waals surface area contributed by atoms with Crippen molar-refractivity contribution >= 4 is 22.7 Å². The van der Waals surface area contributed by atoms with Crippen molar-refractivity contribution in [3.05, 3.63) is 48.5 Å². The first-order valence-corrected chi connectivity index (χ1v) is 5.58. The van der Waals surface area contributed by atoms with Crippen molar-refractivity contribution in [2.24, 2.45) is 0 Å². The lowest BCUT2D eigenvalue weighted by Crippen LogP contribution is -1.98. The number of anilines is 2. The van der Waals surface area contributed by atoms with Crippen LogP contribution in [-0.4, -0.2) is 19.9 Å². The quantitative estimate of drug-likeness (QED) is 0.741. The van der Waals surface area contributed by atoms with Crippen LogP contribution in [0.4, 0.5) is 11.6 Å². The molecular formula is C13H11N5. The molecule has 0 bridgehead atoms. The largest absolute Gasteiger partial charge is 0.324 e. The van der Waals surface area contributed by atoms with E-state index in [0.717, 1.165) is 16.6 Å². The fraction of sp³-hybridized carbons (Fsp3) is 0.0769. The van der Waals surface area contributed by atoms with Crippen molar-refractivity contribution in [2.75, 3.05) is 5.32 Å². The highest BCUT2D eigenvalue weighted by molar-refractivity contribution is 5.78. The van der Waals surface area contributed by atoms with E-state index in [9.17, 15) is 0 Å². The van der Waals surface area contributed by atoms with E-state index in [0.29, 0.717) is 11.6 Å². The molecule has 5 heteroatoms. The summed E-state index contributed by atoms with van der Waals surface area (Å²) in [5.41, 5.74) is 2.72. The van der Waals surface area contributed by atoms with Crippen molar-refractivity contribution < 1.29 is 0 Å². The van der Waals surface area contributed by atoms with Gasteiger partial charge in [0.2, 0.25) is 5.95 Å². The monoisotopic (exact) mass is 237 g/mol. The third-order valence-corrected chi connectivity index (χ3v) is 2.65. The molecule has 0 spiro atoms. The van der Waals surface area contributed by atoms with Crippen LogP contribution in [0.1, 0.15) is 5.56 Å². The number of hydrogen-bond donors (Lipinski definition) is 1. The van der Waals surface area contributed by atoms with Crippen LogP contribution in [-0.2, 0) is 0 Å². The second-order valence-corrected chi connectivity index (χ2v) is 3.92. The Morgan fingerprint density at radius 1 is 1.00 bits per heavy atom. The van der Waals surface area contributed by atoms with Gasteiger partial charge < -0.3 is 5.32 Å². The van der Waals surface area contributed by atoms with Gasteiger partial charge in [-0.25, -0.2) is 9.97 Å². The Bertz CT molecular complexity index is 681. The van der Waals surface area contributed by atoms with Crippen LogP contribution in [0.5, 0.6) is 0 Å². The van der Waals surface area contributed by atoms with Crippen LogP contribution in [0.3, 0.4) is 0 Å². The third kappa shape index (κ3) is 1.98. The summed E-state index contributed by atoms with van der Waals surface area (Å²) in [6, 6.07) is 5.66. The highest BCUT2D eigenvalue weighted by Gasteiger charge is 2.03. The third-order valence-electron chi connectivity index (χ3n) is 2.65. The number of fused-ring (bicyclic) bond motifs is 1. The van der Waals surface area contributed by atoms with Crippen LogP contribution < -0.4 is 5.32 Å². The zero-order valence-corrected chi connectivity index (χ0v) is 9.83. The molecule has 88 valence electrons. The maximum absolute atomic E-state index is 4.38. The Labute approximate surface area is 104 Å². The van der Waals surface area contributed by atoms with Gasteiger partial charge in [0.1, 0.15) is 0 Å². The number of aryl methyl sites for hydroxylation is 1. The molecule has 1 N–H and O–H groups in total. The molecule has 3 aromatic heterocycles. The SMILES string of the molecule is Cc1ccnc2nc(Nc3ccncc3)ncc12. The van der Waals surface area contributed by atoms with Gasteiger partial charge >= 0.3 is 0 Å². The molecule has 0 fully saturated rings. The van der Waals surface area contributed by atoms with Gasteiger partial charge in [0.15, 0.2) is 5.65 Å². The molecule has 18 heavy (non-hydrogen) atoms. The Morgan fingerprint density at radius 2 is 1.83 bits per heavy atom. The lowest BCUT2D eigenvalue weighted by atomic mass is 10.2. The Balaban J connectivity index is 1.99. The molecule has 0 saturated heterocycles. The van der Waals surface area contributed by atoms with Gasteiger partial charge in [-0.05, 0) is 30.7 Å². The summed E-state index contributed by atoms with van der Waals surface area (Å²) in [6.45, 7) is 2.02. The fourth-order valence-electron chi connectivity index (χ4n) is 1.68. The number of hydrogen-bond acceptors (Lipinski definition) is 5. The molecule has 5 nitrogen and oxygen atoms in total. The van der Waals surface area contributed by atoms with E-state index in [2.05, 4.69) is 25.3 Å². The lowest BCUT2D eigenvalue weighted by Gasteiger charge is -2.05. The lowest BCUT2D eigenvalue weighted by molar-refractivity contribution is 1.17. The van der Waals surface area contributed by atoms with Crippen LogP contribution in [0.25, 0.3) is 11.0 Å². The maximum atomic E-state index is 4.38. The van der Waals surface area contributed by atoms with Crippen LogP contribution in [0.2, 0.25) is 0 Å². The van der Waals surface area contributed by atoms with E-state index in [1.165, 1.54) is 0 Å². The number of pyridine rings is 2. The normalized spacial score (nSPS) is 10.5. The van der Waals surface area contributed by atoms with E-state index < -0.39 is 0 Å². The average Bonchev–Trinajstić information content (AvgIpc) is 2.40.